The van der Waals surface area contributed by atoms with Crippen LogP contribution in [0.25, 0.3) is 0 Å². The molecule has 3 fully saturated rings. The number of nitrogens with one attached hydrogen (secondary N) is 2. The summed E-state index contributed by atoms with van der Waals surface area (Å²) in [6, 6.07) is 13.8. The number of amides is 2. The van der Waals surface area contributed by atoms with Crippen LogP contribution in [0.4, 0.5) is 11.4 Å². The average Bonchev–Trinajstić information content (AvgIpc) is 3.38. The summed E-state index contributed by atoms with van der Waals surface area (Å²) in [5.41, 5.74) is 1.53. The number of alkyl halides is 1. The summed E-state index contributed by atoms with van der Waals surface area (Å²) in [5.74, 6) is -0.744. The first-order valence-electron chi connectivity index (χ1n) is 10.2. The summed E-state index contributed by atoms with van der Waals surface area (Å²) >= 11 is 3.62. The third-order valence-corrected chi connectivity index (χ3v) is 7.75. The Balaban J connectivity index is 1.30. The largest absolute Gasteiger partial charge is 0.497 e. The highest BCUT2D eigenvalue weighted by molar-refractivity contribution is 9.09. The predicted octanol–water partition coefficient (Wildman–Crippen LogP) is 3.46. The van der Waals surface area contributed by atoms with Crippen molar-refractivity contribution >= 4 is 45.1 Å². The summed E-state index contributed by atoms with van der Waals surface area (Å²) < 4.78 is 10.7. The number of carbonyl (C=O) groups excluding carboxylic acids is 3. The zero-order valence-electron chi connectivity index (χ0n) is 16.7. The zero-order chi connectivity index (χ0) is 21.7. The molecule has 2 aromatic carbocycles. The van der Waals surface area contributed by atoms with Crippen LogP contribution in [0.2, 0.25) is 0 Å². The topological polar surface area (TPSA) is 93.7 Å². The SMILES string of the molecule is COc1cccc(NC(=O)c2cccc(NC(=O)[C@@H]3[C@H]4C[C@H]5[C@H](OC(=O)[C@@H]53)[C@H]4Br)c2)c1. The van der Waals surface area contributed by atoms with Crippen molar-refractivity contribution in [3.63, 3.8) is 0 Å². The van der Waals surface area contributed by atoms with E-state index in [0.717, 1.165) is 6.42 Å². The Morgan fingerprint density at radius 1 is 1.06 bits per heavy atom. The number of hydrogen-bond donors (Lipinski definition) is 2. The minimum atomic E-state index is -0.421. The number of esters is 1. The third-order valence-electron chi connectivity index (χ3n) is 6.55. The lowest BCUT2D eigenvalue weighted by Gasteiger charge is -2.27. The quantitative estimate of drug-likeness (QED) is 0.500. The van der Waals surface area contributed by atoms with Crippen molar-refractivity contribution in [1.82, 2.24) is 0 Å². The molecule has 2 aliphatic carbocycles. The van der Waals surface area contributed by atoms with Gasteiger partial charge in [-0.15, -0.1) is 0 Å². The third kappa shape index (κ3) is 3.39. The smallest absolute Gasteiger partial charge is 0.310 e. The van der Waals surface area contributed by atoms with Crippen molar-refractivity contribution in [2.75, 3.05) is 17.7 Å². The van der Waals surface area contributed by atoms with Crippen LogP contribution in [-0.4, -0.2) is 35.8 Å². The highest BCUT2D eigenvalue weighted by Crippen LogP contribution is 2.60. The van der Waals surface area contributed by atoms with E-state index in [-0.39, 0.29) is 46.5 Å². The minimum Gasteiger partial charge on any atom is -0.497 e. The molecule has 1 aliphatic heterocycles. The van der Waals surface area contributed by atoms with Crippen LogP contribution < -0.4 is 15.4 Å². The lowest BCUT2D eigenvalue weighted by Crippen LogP contribution is -2.40. The van der Waals surface area contributed by atoms with Gasteiger partial charge in [0.25, 0.3) is 5.91 Å². The van der Waals surface area contributed by atoms with Crippen molar-refractivity contribution in [2.45, 2.75) is 17.4 Å². The van der Waals surface area contributed by atoms with E-state index in [1.54, 1.807) is 55.6 Å². The van der Waals surface area contributed by atoms with E-state index in [2.05, 4.69) is 26.6 Å². The fourth-order valence-electron chi connectivity index (χ4n) is 5.20. The van der Waals surface area contributed by atoms with Gasteiger partial charge in [-0.2, -0.15) is 0 Å². The summed E-state index contributed by atoms with van der Waals surface area (Å²) in [5, 5.41) is 5.73. The van der Waals surface area contributed by atoms with Gasteiger partial charge in [-0.1, -0.05) is 28.1 Å². The van der Waals surface area contributed by atoms with Gasteiger partial charge in [0.15, 0.2) is 0 Å². The minimum absolute atomic E-state index is 0.0101. The molecule has 2 bridgehead atoms. The summed E-state index contributed by atoms with van der Waals surface area (Å²) in [6.45, 7) is 0. The predicted molar refractivity (Wildman–Crippen MR) is 117 cm³/mol. The number of ether oxygens (including phenoxy) is 2. The van der Waals surface area contributed by atoms with Gasteiger partial charge in [-0.05, 0) is 42.7 Å². The number of benzene rings is 2. The molecule has 2 aromatic rings. The Bertz CT molecular complexity index is 1070. The van der Waals surface area contributed by atoms with E-state index < -0.39 is 5.92 Å². The van der Waals surface area contributed by atoms with Gasteiger partial charge in [0.05, 0.1) is 23.8 Å². The molecular weight excluding hydrogens is 464 g/mol. The molecule has 0 aromatic heterocycles. The number of halogens is 1. The first-order chi connectivity index (χ1) is 15.0. The van der Waals surface area contributed by atoms with E-state index in [0.29, 0.717) is 22.7 Å². The van der Waals surface area contributed by atoms with Crippen LogP contribution in [-0.2, 0) is 14.3 Å². The van der Waals surface area contributed by atoms with Crippen molar-refractivity contribution < 1.29 is 23.9 Å². The van der Waals surface area contributed by atoms with Gasteiger partial charge in [-0.3, -0.25) is 14.4 Å². The van der Waals surface area contributed by atoms with E-state index >= 15 is 0 Å². The molecule has 0 unspecified atom stereocenters. The standard InChI is InChI=1S/C23H21BrN2O5/c1-30-14-7-3-6-13(9-14)25-21(27)11-4-2-5-12(8-11)26-22(28)17-15-10-16-18(17)23(29)31-20(16)19(15)24/h2-9,15-20H,10H2,1H3,(H,25,27)(H,26,28)/t15-,16-,17-,18+,19+,20+/m1/s1. The molecule has 2 saturated carbocycles. The molecule has 3 aliphatic rings. The van der Waals surface area contributed by atoms with Gasteiger partial charge in [0, 0.05) is 28.9 Å². The Morgan fingerprint density at radius 3 is 2.58 bits per heavy atom. The highest BCUT2D eigenvalue weighted by atomic mass is 79.9. The van der Waals surface area contributed by atoms with Crippen LogP contribution in [0, 0.1) is 23.7 Å². The van der Waals surface area contributed by atoms with E-state index in [4.69, 9.17) is 9.47 Å². The Hall–Kier alpha value is -2.87. The first kappa shape index (κ1) is 20.1. The molecule has 1 saturated heterocycles. The van der Waals surface area contributed by atoms with Crippen LogP contribution >= 0.6 is 15.9 Å². The maximum absolute atomic E-state index is 13.1. The molecule has 160 valence electrons. The molecule has 6 atom stereocenters. The lowest BCUT2D eigenvalue weighted by atomic mass is 9.79. The molecule has 0 spiro atoms. The van der Waals surface area contributed by atoms with Gasteiger partial charge in [-0.25, -0.2) is 0 Å². The number of rotatable bonds is 5. The zero-order valence-corrected chi connectivity index (χ0v) is 18.3. The van der Waals surface area contributed by atoms with Crippen LogP contribution in [0.15, 0.2) is 48.5 Å². The molecule has 0 radical (unpaired) electrons. The summed E-state index contributed by atoms with van der Waals surface area (Å²) in [7, 11) is 1.56. The fraction of sp³-hybridized carbons (Fsp3) is 0.348. The number of methoxy groups -OCH3 is 1. The number of carbonyl (C=O) groups is 3. The maximum atomic E-state index is 13.1. The summed E-state index contributed by atoms with van der Waals surface area (Å²) in [4.78, 5) is 38.0. The Labute approximate surface area is 187 Å². The fourth-order valence-corrected chi connectivity index (χ4v) is 6.24. The molecule has 8 heteroatoms. The number of hydrogen-bond acceptors (Lipinski definition) is 5. The molecule has 1 heterocycles. The first-order valence-corrected chi connectivity index (χ1v) is 11.1. The number of fused-ring (bicyclic) bond motifs is 1. The van der Waals surface area contributed by atoms with Gasteiger partial charge in [0.1, 0.15) is 11.9 Å². The average molecular weight is 485 g/mol. The second kappa shape index (κ2) is 7.67. The number of anilines is 2. The van der Waals surface area contributed by atoms with Crippen molar-refractivity contribution in [2.24, 2.45) is 23.7 Å². The van der Waals surface area contributed by atoms with E-state index in [1.807, 2.05) is 0 Å². The lowest BCUT2D eigenvalue weighted by molar-refractivity contribution is -0.145. The monoisotopic (exact) mass is 484 g/mol. The van der Waals surface area contributed by atoms with Crippen LogP contribution in [0.3, 0.4) is 0 Å². The second-order valence-electron chi connectivity index (χ2n) is 8.22. The Morgan fingerprint density at radius 2 is 1.81 bits per heavy atom. The van der Waals surface area contributed by atoms with Crippen molar-refractivity contribution in [3.05, 3.63) is 54.1 Å². The normalized spacial score (nSPS) is 30.1. The van der Waals surface area contributed by atoms with E-state index in [1.165, 1.54) is 0 Å². The van der Waals surface area contributed by atoms with Crippen LogP contribution in [0.1, 0.15) is 16.8 Å². The van der Waals surface area contributed by atoms with Crippen LogP contribution in [0.5, 0.6) is 5.75 Å². The molecular formula is C23H21BrN2O5. The highest BCUT2D eigenvalue weighted by Gasteiger charge is 2.67. The van der Waals surface area contributed by atoms with Gasteiger partial charge >= 0.3 is 5.97 Å². The maximum Gasteiger partial charge on any atom is 0.310 e. The molecule has 31 heavy (non-hydrogen) atoms. The second-order valence-corrected chi connectivity index (χ2v) is 9.27. The molecule has 2 amide bonds. The molecule has 5 rings (SSSR count). The van der Waals surface area contributed by atoms with Crippen molar-refractivity contribution in [3.8, 4) is 5.75 Å². The Kier molecular flexibility index (Phi) is 4.97. The molecule has 7 nitrogen and oxygen atoms in total. The summed E-state index contributed by atoms with van der Waals surface area (Å²) in [6.07, 6.45) is 0.702. The van der Waals surface area contributed by atoms with Crippen molar-refractivity contribution in [1.29, 1.82) is 0 Å². The molecule has 2 N–H and O–H groups in total. The van der Waals surface area contributed by atoms with Gasteiger partial charge < -0.3 is 20.1 Å². The van der Waals surface area contributed by atoms with E-state index in [9.17, 15) is 14.4 Å². The van der Waals surface area contributed by atoms with Gasteiger partial charge in [0.2, 0.25) is 5.91 Å².